The lowest BCUT2D eigenvalue weighted by atomic mass is 10.0. The van der Waals surface area contributed by atoms with Gasteiger partial charge < -0.3 is 14.6 Å². The molecule has 0 aliphatic rings. The topological polar surface area (TPSA) is 230 Å². The number of amides is 1. The lowest BCUT2D eigenvalue weighted by Crippen LogP contribution is -2.18. The Balaban J connectivity index is 1.44. The van der Waals surface area contributed by atoms with Crippen LogP contribution in [-0.2, 0) is 34.0 Å². The van der Waals surface area contributed by atoms with E-state index in [2.05, 4.69) is 15.7 Å². The number of rotatable bonds is 14. The van der Waals surface area contributed by atoms with Crippen LogP contribution in [0.3, 0.4) is 0 Å². The van der Waals surface area contributed by atoms with Gasteiger partial charge in [0, 0.05) is 23.9 Å². The molecule has 232 valence electrons. The minimum atomic E-state index is -2.12. The minimum Gasteiger partial charge on any atom is -0.478 e. The lowest BCUT2D eigenvalue weighted by molar-refractivity contribution is -0.386. The van der Waals surface area contributed by atoms with Crippen LogP contribution in [0, 0.1) is 20.2 Å². The molecule has 0 heterocycles. The molecular formula is C28H22N4O12S. The molecule has 0 fully saturated rings. The number of carbonyl (C=O) groups excluding carboxylic acids is 1. The Morgan fingerprint density at radius 3 is 2.22 bits per heavy atom. The predicted octanol–water partition coefficient (Wildman–Crippen LogP) is 5.09. The summed E-state index contributed by atoms with van der Waals surface area (Å²) in [6.45, 7) is -0.568. The zero-order valence-electron chi connectivity index (χ0n) is 22.8. The monoisotopic (exact) mass is 638 g/mol. The van der Waals surface area contributed by atoms with Crippen molar-refractivity contribution in [3.63, 3.8) is 0 Å². The van der Waals surface area contributed by atoms with E-state index in [1.807, 2.05) is 0 Å². The third-order valence-corrected chi connectivity index (χ3v) is 7.04. The Morgan fingerprint density at radius 1 is 0.844 bits per heavy atom. The highest BCUT2D eigenvalue weighted by Crippen LogP contribution is 2.27. The number of aromatic carboxylic acids is 1. The smallest absolute Gasteiger partial charge is 0.336 e. The molecule has 0 saturated heterocycles. The van der Waals surface area contributed by atoms with E-state index in [-0.39, 0.29) is 40.8 Å². The molecule has 0 radical (unpaired) electrons. The van der Waals surface area contributed by atoms with Crippen molar-refractivity contribution < 1.29 is 47.9 Å². The number of nitro groups is 2. The molecule has 1 atom stereocenters. The summed E-state index contributed by atoms with van der Waals surface area (Å²) in [7, 11) is 0. The zero-order chi connectivity index (χ0) is 32.5. The highest BCUT2D eigenvalue weighted by Gasteiger charge is 2.27. The summed E-state index contributed by atoms with van der Waals surface area (Å²) in [5.41, 5.74) is 1.37. The lowest BCUT2D eigenvalue weighted by Gasteiger charge is -2.12. The van der Waals surface area contributed by atoms with Crippen LogP contribution >= 0.6 is 0 Å². The molecular weight excluding hydrogens is 616 g/mol. The van der Waals surface area contributed by atoms with E-state index < -0.39 is 49.6 Å². The number of hydrogen-bond acceptors (Lipinski definition) is 12. The SMILES string of the molecule is O=C(O)c1cccc([N+](=O)[O-])c1C(=O)Nc1cccc(S(=O)Oc2cccc(NOCc3c(COO)cccc3[N+](=O)[O-])c2)c1. The molecule has 0 saturated carbocycles. The Bertz CT molecular complexity index is 1770. The van der Waals surface area contributed by atoms with Gasteiger partial charge in [-0.1, -0.05) is 30.3 Å². The molecule has 16 nitrogen and oxygen atoms in total. The number of carboxylic acids is 1. The summed E-state index contributed by atoms with van der Waals surface area (Å²) in [6, 6.07) is 19.1. The molecule has 4 rings (SSSR count). The fourth-order valence-corrected chi connectivity index (χ4v) is 4.87. The van der Waals surface area contributed by atoms with Gasteiger partial charge >= 0.3 is 5.97 Å². The van der Waals surface area contributed by atoms with Crippen molar-refractivity contribution >= 4 is 45.7 Å². The Hall–Kier alpha value is -5.75. The number of benzene rings is 4. The number of nitro benzene ring substituents is 2. The van der Waals surface area contributed by atoms with Crippen LogP contribution in [0.4, 0.5) is 22.7 Å². The summed E-state index contributed by atoms with van der Waals surface area (Å²) in [5.74, 6) is -2.46. The summed E-state index contributed by atoms with van der Waals surface area (Å²) >= 11 is -2.12. The summed E-state index contributed by atoms with van der Waals surface area (Å²) in [4.78, 5) is 55.5. The molecule has 0 aliphatic carbocycles. The van der Waals surface area contributed by atoms with Crippen LogP contribution in [0.5, 0.6) is 5.75 Å². The minimum absolute atomic E-state index is 0.0636. The fraction of sp³-hybridized carbons (Fsp3) is 0.0714. The fourth-order valence-electron chi connectivity index (χ4n) is 4.08. The average Bonchev–Trinajstić information content (AvgIpc) is 3.01. The largest absolute Gasteiger partial charge is 0.478 e. The number of nitrogens with zero attached hydrogens (tertiary/aromatic N) is 2. The highest BCUT2D eigenvalue weighted by atomic mass is 32.2. The van der Waals surface area contributed by atoms with Crippen LogP contribution in [-0.4, -0.2) is 36.3 Å². The van der Waals surface area contributed by atoms with Gasteiger partial charge in [0.15, 0.2) is 0 Å². The quantitative estimate of drug-likeness (QED) is 0.0802. The number of carbonyl (C=O) groups is 2. The standard InChI is InChI=1S/C28H22N4O12S/c33-27(26-22(28(34)35)10-4-12-25(26)32(38)39)29-18-6-3-9-21(14-18)45(41)44-20-8-2-7-19(13-20)30-42-16-23-17(15-43-40)5-1-11-24(23)31(36)37/h1-14,30,40H,15-16H2,(H,29,33)(H,34,35). The molecule has 4 N–H and O–H groups in total. The van der Waals surface area contributed by atoms with Crippen molar-refractivity contribution in [2.45, 2.75) is 18.1 Å². The van der Waals surface area contributed by atoms with E-state index in [0.717, 1.165) is 18.2 Å². The molecule has 0 bridgehead atoms. The van der Waals surface area contributed by atoms with Gasteiger partial charge in [-0.2, -0.15) is 0 Å². The van der Waals surface area contributed by atoms with E-state index >= 15 is 0 Å². The molecule has 0 aromatic heterocycles. The van der Waals surface area contributed by atoms with Crippen molar-refractivity contribution in [2.75, 3.05) is 10.8 Å². The van der Waals surface area contributed by atoms with Gasteiger partial charge in [0.1, 0.15) is 24.5 Å². The van der Waals surface area contributed by atoms with Gasteiger partial charge in [0.2, 0.25) is 11.1 Å². The van der Waals surface area contributed by atoms with Crippen LogP contribution in [0.2, 0.25) is 0 Å². The molecule has 4 aromatic rings. The van der Waals surface area contributed by atoms with Gasteiger partial charge in [-0.15, -0.1) is 0 Å². The second-order valence-electron chi connectivity index (χ2n) is 8.93. The maximum absolute atomic E-state index is 13.0. The summed E-state index contributed by atoms with van der Waals surface area (Å²) in [5, 5.41) is 43.4. The van der Waals surface area contributed by atoms with Crippen LogP contribution in [0.25, 0.3) is 0 Å². The third kappa shape index (κ3) is 8.00. The van der Waals surface area contributed by atoms with Crippen molar-refractivity contribution in [1.82, 2.24) is 0 Å². The first kappa shape index (κ1) is 32.2. The first-order chi connectivity index (χ1) is 21.6. The average molecular weight is 639 g/mol. The third-order valence-electron chi connectivity index (χ3n) is 6.06. The zero-order valence-corrected chi connectivity index (χ0v) is 23.6. The first-order valence-electron chi connectivity index (χ1n) is 12.6. The first-order valence-corrected chi connectivity index (χ1v) is 13.7. The second-order valence-corrected chi connectivity index (χ2v) is 10.0. The van der Waals surface area contributed by atoms with Gasteiger partial charge in [0.25, 0.3) is 17.3 Å². The molecule has 0 aliphatic heterocycles. The number of nitrogens with one attached hydrogen (secondary N) is 2. The van der Waals surface area contributed by atoms with E-state index in [0.29, 0.717) is 11.3 Å². The Labute approximate surface area is 255 Å². The Kier molecular flexibility index (Phi) is 10.5. The maximum Gasteiger partial charge on any atom is 0.336 e. The van der Waals surface area contributed by atoms with Crippen molar-refractivity contribution in [3.05, 3.63) is 127 Å². The number of hydrogen-bond donors (Lipinski definition) is 4. The van der Waals surface area contributed by atoms with Crippen LogP contribution in [0.15, 0.2) is 89.8 Å². The summed E-state index contributed by atoms with van der Waals surface area (Å²) in [6.07, 6.45) is 0. The van der Waals surface area contributed by atoms with Gasteiger partial charge in [-0.05, 0) is 42.0 Å². The normalized spacial score (nSPS) is 11.3. The van der Waals surface area contributed by atoms with Crippen molar-refractivity contribution in [2.24, 2.45) is 0 Å². The molecule has 1 unspecified atom stereocenters. The van der Waals surface area contributed by atoms with Crippen LogP contribution < -0.4 is 15.0 Å². The van der Waals surface area contributed by atoms with Crippen molar-refractivity contribution in [3.8, 4) is 5.75 Å². The van der Waals surface area contributed by atoms with Gasteiger partial charge in [-0.3, -0.25) is 40.6 Å². The molecule has 45 heavy (non-hydrogen) atoms. The van der Waals surface area contributed by atoms with E-state index in [1.165, 1.54) is 54.6 Å². The Morgan fingerprint density at radius 2 is 1.51 bits per heavy atom. The summed E-state index contributed by atoms with van der Waals surface area (Å²) < 4.78 is 18.5. The van der Waals surface area contributed by atoms with Gasteiger partial charge in [0.05, 0.1) is 31.6 Å². The predicted molar refractivity (Wildman–Crippen MR) is 157 cm³/mol. The maximum atomic E-state index is 13.0. The highest BCUT2D eigenvalue weighted by molar-refractivity contribution is 7.80. The molecule has 0 spiro atoms. The number of carboxylic acid groups (broad SMARTS) is 1. The van der Waals surface area contributed by atoms with Crippen molar-refractivity contribution in [1.29, 1.82) is 0 Å². The molecule has 17 heteroatoms. The molecule has 4 aromatic carbocycles. The molecule has 1 amide bonds. The van der Waals surface area contributed by atoms with Crippen LogP contribution in [0.1, 0.15) is 31.8 Å². The second kappa shape index (κ2) is 14.6. The van der Waals surface area contributed by atoms with E-state index in [9.17, 15) is 39.1 Å². The van der Waals surface area contributed by atoms with E-state index in [4.69, 9.17) is 14.3 Å². The number of anilines is 2. The van der Waals surface area contributed by atoms with E-state index in [1.54, 1.807) is 12.1 Å². The van der Waals surface area contributed by atoms with Gasteiger partial charge in [-0.25, -0.2) is 13.9 Å².